The molecule has 0 aliphatic rings. The highest BCUT2D eigenvalue weighted by Crippen LogP contribution is 2.33. The third-order valence-corrected chi connectivity index (χ3v) is 1.64. The average molecular weight is 205 g/mol. The number of hydrogen-bond acceptors (Lipinski definition) is 1. The lowest BCUT2D eigenvalue weighted by atomic mass is 10.3. The minimum absolute atomic E-state index is 0.0976. The number of rotatable bonds is 4. The fourth-order valence-corrected chi connectivity index (χ4v) is 1.04. The normalized spacial score (nSPS) is 13.8. The van der Waals surface area contributed by atoms with Crippen LogP contribution in [0.5, 0.6) is 0 Å². The molecule has 0 radical (unpaired) electrons. The van der Waals surface area contributed by atoms with E-state index in [2.05, 4.69) is 0 Å². The first-order chi connectivity index (χ1) is 5.73. The molecule has 0 rings (SSSR count). The first-order valence-corrected chi connectivity index (χ1v) is 3.92. The molecule has 0 amide bonds. The third-order valence-electron chi connectivity index (χ3n) is 1.64. The van der Waals surface area contributed by atoms with Crippen molar-refractivity contribution in [1.82, 2.24) is 4.90 Å². The van der Waals surface area contributed by atoms with Gasteiger partial charge in [-0.05, 0) is 0 Å². The van der Waals surface area contributed by atoms with Crippen LogP contribution in [0.4, 0.5) is 22.0 Å². The summed E-state index contributed by atoms with van der Waals surface area (Å²) in [6.45, 7) is 2.60. The van der Waals surface area contributed by atoms with E-state index in [9.17, 15) is 22.0 Å². The van der Waals surface area contributed by atoms with Crippen molar-refractivity contribution in [2.45, 2.75) is 32.5 Å². The highest BCUT2D eigenvalue weighted by atomic mass is 19.4. The molecule has 0 unspecified atom stereocenters. The summed E-state index contributed by atoms with van der Waals surface area (Å²) < 4.78 is 60.6. The van der Waals surface area contributed by atoms with Crippen LogP contribution in [0, 0.1) is 0 Å². The minimum atomic E-state index is -4.83. The van der Waals surface area contributed by atoms with Crippen LogP contribution in [0.1, 0.15) is 20.3 Å². The van der Waals surface area contributed by atoms with E-state index in [1.54, 1.807) is 0 Å². The van der Waals surface area contributed by atoms with E-state index in [-0.39, 0.29) is 13.1 Å². The Morgan fingerprint density at radius 3 is 1.54 bits per heavy atom. The predicted octanol–water partition coefficient (Wildman–Crippen LogP) is 2.87. The van der Waals surface area contributed by atoms with E-state index in [0.29, 0.717) is 4.90 Å². The molecule has 0 heterocycles. The standard InChI is InChI=1S/C7H12F5N/c1-3-13(4-2)7(11,12)5-6(8,9)10/h3-5H2,1-2H3. The zero-order chi connectivity index (χ0) is 10.7. The summed E-state index contributed by atoms with van der Waals surface area (Å²) in [5.74, 6) is 0. The van der Waals surface area contributed by atoms with Crippen LogP contribution in [-0.2, 0) is 0 Å². The van der Waals surface area contributed by atoms with Gasteiger partial charge in [-0.1, -0.05) is 13.8 Å². The van der Waals surface area contributed by atoms with E-state index in [4.69, 9.17) is 0 Å². The lowest BCUT2D eigenvalue weighted by Crippen LogP contribution is -2.44. The maximum absolute atomic E-state index is 12.8. The second-order valence-corrected chi connectivity index (χ2v) is 2.63. The smallest absolute Gasteiger partial charge is 0.245 e. The average Bonchev–Trinajstić information content (AvgIpc) is 1.83. The molecule has 0 aromatic rings. The van der Waals surface area contributed by atoms with Gasteiger partial charge < -0.3 is 0 Å². The van der Waals surface area contributed by atoms with Crippen molar-refractivity contribution < 1.29 is 22.0 Å². The van der Waals surface area contributed by atoms with Crippen molar-refractivity contribution >= 4 is 0 Å². The van der Waals surface area contributed by atoms with Crippen LogP contribution in [0.15, 0.2) is 0 Å². The highest BCUT2D eigenvalue weighted by Gasteiger charge is 2.46. The Labute approximate surface area is 73.5 Å². The van der Waals surface area contributed by atoms with Crippen LogP contribution in [0.3, 0.4) is 0 Å². The van der Waals surface area contributed by atoms with Crippen LogP contribution >= 0.6 is 0 Å². The molecule has 0 fully saturated rings. The van der Waals surface area contributed by atoms with Crippen molar-refractivity contribution in [3.8, 4) is 0 Å². The van der Waals surface area contributed by atoms with Crippen LogP contribution < -0.4 is 0 Å². The van der Waals surface area contributed by atoms with Crippen molar-refractivity contribution in [2.24, 2.45) is 0 Å². The zero-order valence-electron chi connectivity index (χ0n) is 7.46. The number of halogens is 5. The minimum Gasteiger partial charge on any atom is -0.245 e. The van der Waals surface area contributed by atoms with Gasteiger partial charge in [0.15, 0.2) is 0 Å². The Kier molecular flexibility index (Phi) is 4.09. The zero-order valence-corrected chi connectivity index (χ0v) is 7.46. The predicted molar refractivity (Wildman–Crippen MR) is 38.5 cm³/mol. The number of alkyl halides is 5. The maximum atomic E-state index is 12.8. The summed E-state index contributed by atoms with van der Waals surface area (Å²) in [6.07, 6.45) is -6.91. The van der Waals surface area contributed by atoms with Gasteiger partial charge in [-0.3, -0.25) is 0 Å². The monoisotopic (exact) mass is 205 g/mol. The third kappa shape index (κ3) is 4.40. The summed E-state index contributed by atoms with van der Waals surface area (Å²) in [7, 11) is 0. The SMILES string of the molecule is CCN(CC)C(F)(F)CC(F)(F)F. The Morgan fingerprint density at radius 2 is 1.31 bits per heavy atom. The maximum Gasteiger partial charge on any atom is 0.396 e. The largest absolute Gasteiger partial charge is 0.396 e. The Hall–Kier alpha value is -0.390. The molecule has 1 nitrogen and oxygen atoms in total. The first-order valence-electron chi connectivity index (χ1n) is 3.92. The molecule has 0 bridgehead atoms. The van der Waals surface area contributed by atoms with Crippen molar-refractivity contribution in [1.29, 1.82) is 0 Å². The molecule has 0 aromatic heterocycles. The lowest BCUT2D eigenvalue weighted by Gasteiger charge is -2.29. The molecular weight excluding hydrogens is 193 g/mol. The fourth-order valence-electron chi connectivity index (χ4n) is 1.04. The summed E-state index contributed by atoms with van der Waals surface area (Å²) in [5, 5.41) is 0. The summed E-state index contributed by atoms with van der Waals surface area (Å²) in [4.78, 5) is 0.487. The van der Waals surface area contributed by atoms with E-state index in [0.717, 1.165) is 0 Å². The molecule has 0 aliphatic heterocycles. The molecule has 0 atom stereocenters. The van der Waals surface area contributed by atoms with Gasteiger partial charge in [-0.2, -0.15) is 22.0 Å². The Morgan fingerprint density at radius 1 is 0.923 bits per heavy atom. The molecule has 80 valence electrons. The summed E-state index contributed by atoms with van der Waals surface area (Å²) >= 11 is 0. The number of hydrogen-bond donors (Lipinski definition) is 0. The van der Waals surface area contributed by atoms with E-state index >= 15 is 0 Å². The van der Waals surface area contributed by atoms with E-state index in [1.165, 1.54) is 13.8 Å². The molecule has 0 aromatic carbocycles. The summed E-state index contributed by atoms with van der Waals surface area (Å²) in [5.41, 5.74) is 0. The van der Waals surface area contributed by atoms with Crippen LogP contribution in [-0.4, -0.2) is 30.2 Å². The Bertz CT molecular complexity index is 149. The molecular formula is C7H12F5N. The lowest BCUT2D eigenvalue weighted by molar-refractivity contribution is -0.235. The van der Waals surface area contributed by atoms with Gasteiger partial charge in [0.1, 0.15) is 6.42 Å². The van der Waals surface area contributed by atoms with Gasteiger partial charge in [-0.25, -0.2) is 4.90 Å². The van der Waals surface area contributed by atoms with Gasteiger partial charge in [0.2, 0.25) is 0 Å². The molecule has 0 spiro atoms. The van der Waals surface area contributed by atoms with Crippen molar-refractivity contribution in [3.63, 3.8) is 0 Å². The van der Waals surface area contributed by atoms with Gasteiger partial charge in [-0.15, -0.1) is 0 Å². The first kappa shape index (κ1) is 12.6. The Balaban J connectivity index is 4.36. The van der Waals surface area contributed by atoms with Gasteiger partial charge in [0.25, 0.3) is 0 Å². The van der Waals surface area contributed by atoms with Crippen molar-refractivity contribution in [2.75, 3.05) is 13.1 Å². The van der Waals surface area contributed by atoms with Crippen LogP contribution in [0.25, 0.3) is 0 Å². The van der Waals surface area contributed by atoms with E-state index < -0.39 is 18.6 Å². The van der Waals surface area contributed by atoms with Crippen LogP contribution in [0.2, 0.25) is 0 Å². The molecule has 13 heavy (non-hydrogen) atoms. The quantitative estimate of drug-likeness (QED) is 0.504. The fraction of sp³-hybridized carbons (Fsp3) is 1.00. The second kappa shape index (κ2) is 4.21. The molecule has 0 saturated heterocycles. The molecule has 0 saturated carbocycles. The van der Waals surface area contributed by atoms with Gasteiger partial charge in [0.05, 0.1) is 0 Å². The van der Waals surface area contributed by atoms with E-state index in [1.807, 2.05) is 0 Å². The van der Waals surface area contributed by atoms with Gasteiger partial charge in [0, 0.05) is 13.1 Å². The number of nitrogens with zero attached hydrogens (tertiary/aromatic N) is 1. The molecule has 0 aliphatic carbocycles. The second-order valence-electron chi connectivity index (χ2n) is 2.63. The molecule has 6 heteroatoms. The molecule has 0 N–H and O–H groups in total. The topological polar surface area (TPSA) is 3.24 Å². The summed E-state index contributed by atoms with van der Waals surface area (Å²) in [6, 6.07) is -3.79. The van der Waals surface area contributed by atoms with Crippen molar-refractivity contribution in [3.05, 3.63) is 0 Å². The van der Waals surface area contributed by atoms with Gasteiger partial charge >= 0.3 is 12.2 Å². The highest BCUT2D eigenvalue weighted by molar-refractivity contribution is 4.71.